The van der Waals surface area contributed by atoms with Crippen molar-refractivity contribution in [2.75, 3.05) is 23.3 Å². The van der Waals surface area contributed by atoms with Gasteiger partial charge in [0, 0.05) is 25.0 Å². The van der Waals surface area contributed by atoms with E-state index in [1.807, 2.05) is 31.3 Å². The number of aromatic nitrogens is 1. The van der Waals surface area contributed by atoms with Gasteiger partial charge in [0.05, 0.1) is 17.4 Å². The van der Waals surface area contributed by atoms with Gasteiger partial charge in [-0.15, -0.1) is 0 Å². The van der Waals surface area contributed by atoms with Crippen LogP contribution in [-0.2, 0) is 0 Å². The van der Waals surface area contributed by atoms with Crippen LogP contribution in [0.3, 0.4) is 0 Å². The van der Waals surface area contributed by atoms with E-state index in [0.717, 1.165) is 35.6 Å². The van der Waals surface area contributed by atoms with E-state index in [1.54, 1.807) is 6.20 Å². The average molecular weight is 323 g/mol. The molecule has 126 valence electrons. The molecule has 0 atom stereocenters. The summed E-state index contributed by atoms with van der Waals surface area (Å²) in [6.45, 7) is 8.39. The maximum atomic E-state index is 12.7. The molecule has 1 N–H and O–H groups in total. The second-order valence-electron chi connectivity index (χ2n) is 6.77. The smallest absolute Gasteiger partial charge is 0.257 e. The summed E-state index contributed by atoms with van der Waals surface area (Å²) in [5.74, 6) is 0.258. The number of benzene rings is 1. The summed E-state index contributed by atoms with van der Waals surface area (Å²) in [6.07, 6.45) is 5.90. The fraction of sp³-hybridized carbons (Fsp3) is 0.400. The predicted octanol–water partition coefficient (Wildman–Crippen LogP) is 4.37. The largest absolute Gasteiger partial charge is 0.370 e. The number of pyridine rings is 1. The second kappa shape index (κ2) is 7.04. The molecule has 1 aromatic carbocycles. The third-order valence-electron chi connectivity index (χ3n) is 4.62. The summed E-state index contributed by atoms with van der Waals surface area (Å²) >= 11 is 0. The highest BCUT2D eigenvalue weighted by atomic mass is 16.1. The summed E-state index contributed by atoms with van der Waals surface area (Å²) < 4.78 is 0. The van der Waals surface area contributed by atoms with Gasteiger partial charge in [0.1, 0.15) is 0 Å². The third-order valence-corrected chi connectivity index (χ3v) is 4.62. The van der Waals surface area contributed by atoms with Gasteiger partial charge in [-0.2, -0.15) is 0 Å². The van der Waals surface area contributed by atoms with Crippen molar-refractivity contribution in [3.05, 3.63) is 53.3 Å². The van der Waals surface area contributed by atoms with E-state index in [0.29, 0.717) is 11.5 Å². The molecule has 2 heterocycles. The zero-order chi connectivity index (χ0) is 17.1. The highest BCUT2D eigenvalue weighted by molar-refractivity contribution is 6.05. The van der Waals surface area contributed by atoms with Gasteiger partial charge in [0.25, 0.3) is 5.91 Å². The van der Waals surface area contributed by atoms with Gasteiger partial charge in [0.15, 0.2) is 0 Å². The number of carbonyl (C=O) groups excluding carboxylic acids is 1. The standard InChI is InChI=1S/C20H25N3O/c1-14(2)18-8-6-7-15(3)19(18)22-20(24)16-11-17(13-21-12-16)23-9-4-5-10-23/h6-8,11-14H,4-5,9-10H2,1-3H3,(H,22,24). The first-order chi connectivity index (χ1) is 11.6. The topological polar surface area (TPSA) is 45.2 Å². The molecule has 1 saturated heterocycles. The fourth-order valence-electron chi connectivity index (χ4n) is 3.23. The summed E-state index contributed by atoms with van der Waals surface area (Å²) in [4.78, 5) is 19.3. The van der Waals surface area contributed by atoms with Crippen LogP contribution in [0, 0.1) is 6.92 Å². The Kier molecular flexibility index (Phi) is 4.84. The third kappa shape index (κ3) is 3.42. The lowest BCUT2D eigenvalue weighted by atomic mass is 9.98. The molecule has 0 bridgehead atoms. The van der Waals surface area contributed by atoms with E-state index in [1.165, 1.54) is 12.8 Å². The quantitative estimate of drug-likeness (QED) is 0.909. The number of nitrogens with zero attached hydrogens (tertiary/aromatic N) is 2. The molecule has 1 aliphatic rings. The Morgan fingerprint density at radius 3 is 2.67 bits per heavy atom. The minimum absolute atomic E-state index is 0.0975. The maximum absolute atomic E-state index is 12.7. The molecule has 0 radical (unpaired) electrons. The number of hydrogen-bond acceptors (Lipinski definition) is 3. The first-order valence-corrected chi connectivity index (χ1v) is 8.67. The van der Waals surface area contributed by atoms with Gasteiger partial charge in [0.2, 0.25) is 0 Å². The number of carbonyl (C=O) groups is 1. The van der Waals surface area contributed by atoms with Crippen molar-refractivity contribution in [2.24, 2.45) is 0 Å². The predicted molar refractivity (Wildman–Crippen MR) is 98.9 cm³/mol. The molecular weight excluding hydrogens is 298 g/mol. The van der Waals surface area contributed by atoms with Gasteiger partial charge in [-0.1, -0.05) is 32.0 Å². The number of aryl methyl sites for hydroxylation is 1. The van der Waals surface area contributed by atoms with E-state index < -0.39 is 0 Å². The van der Waals surface area contributed by atoms with Crippen molar-refractivity contribution < 1.29 is 4.79 Å². The first kappa shape index (κ1) is 16.5. The van der Waals surface area contributed by atoms with Crippen LogP contribution in [0.4, 0.5) is 11.4 Å². The SMILES string of the molecule is Cc1cccc(C(C)C)c1NC(=O)c1cncc(N2CCCC2)c1. The first-order valence-electron chi connectivity index (χ1n) is 8.67. The molecule has 1 amide bonds. The molecule has 0 unspecified atom stereocenters. The summed E-state index contributed by atoms with van der Waals surface area (Å²) in [7, 11) is 0. The van der Waals surface area contributed by atoms with Crippen molar-refractivity contribution in [1.82, 2.24) is 4.98 Å². The molecule has 2 aromatic rings. The number of nitrogens with one attached hydrogen (secondary N) is 1. The number of rotatable bonds is 4. The average Bonchev–Trinajstić information content (AvgIpc) is 3.11. The Balaban J connectivity index is 1.84. The number of para-hydroxylation sites is 1. The summed E-state index contributed by atoms with van der Waals surface area (Å²) in [6, 6.07) is 8.09. The molecule has 4 heteroatoms. The zero-order valence-electron chi connectivity index (χ0n) is 14.7. The van der Waals surface area contributed by atoms with E-state index in [2.05, 4.69) is 35.1 Å². The number of amides is 1. The Morgan fingerprint density at radius 1 is 1.21 bits per heavy atom. The molecular formula is C20H25N3O. The van der Waals surface area contributed by atoms with Gasteiger partial charge in [-0.3, -0.25) is 9.78 Å². The fourth-order valence-corrected chi connectivity index (χ4v) is 3.23. The molecule has 3 rings (SSSR count). The summed E-state index contributed by atoms with van der Waals surface area (Å²) in [5, 5.41) is 3.10. The summed E-state index contributed by atoms with van der Waals surface area (Å²) in [5.41, 5.74) is 4.81. The van der Waals surface area contributed by atoms with Crippen LogP contribution >= 0.6 is 0 Å². The lowest BCUT2D eigenvalue weighted by Crippen LogP contribution is -2.20. The van der Waals surface area contributed by atoms with Crippen LogP contribution in [0.1, 0.15) is 54.1 Å². The van der Waals surface area contributed by atoms with Crippen LogP contribution in [0.15, 0.2) is 36.7 Å². The lowest BCUT2D eigenvalue weighted by Gasteiger charge is -2.19. The molecule has 24 heavy (non-hydrogen) atoms. The molecule has 1 aliphatic heterocycles. The van der Waals surface area contributed by atoms with E-state index in [9.17, 15) is 4.79 Å². The van der Waals surface area contributed by atoms with Crippen LogP contribution < -0.4 is 10.2 Å². The molecule has 1 fully saturated rings. The Morgan fingerprint density at radius 2 is 1.96 bits per heavy atom. The van der Waals surface area contributed by atoms with Crippen molar-refractivity contribution in [3.63, 3.8) is 0 Å². The van der Waals surface area contributed by atoms with Crippen LogP contribution in [0.5, 0.6) is 0 Å². The minimum atomic E-state index is -0.0975. The number of anilines is 2. The van der Waals surface area contributed by atoms with E-state index in [4.69, 9.17) is 0 Å². The zero-order valence-corrected chi connectivity index (χ0v) is 14.7. The highest BCUT2D eigenvalue weighted by Crippen LogP contribution is 2.28. The lowest BCUT2D eigenvalue weighted by molar-refractivity contribution is 0.102. The Hall–Kier alpha value is -2.36. The number of hydrogen-bond donors (Lipinski definition) is 1. The Labute approximate surface area is 143 Å². The molecule has 1 aromatic heterocycles. The van der Waals surface area contributed by atoms with Crippen molar-refractivity contribution in [3.8, 4) is 0 Å². The van der Waals surface area contributed by atoms with E-state index >= 15 is 0 Å². The maximum Gasteiger partial charge on any atom is 0.257 e. The minimum Gasteiger partial charge on any atom is -0.370 e. The second-order valence-corrected chi connectivity index (χ2v) is 6.77. The van der Waals surface area contributed by atoms with Gasteiger partial charge >= 0.3 is 0 Å². The van der Waals surface area contributed by atoms with Gasteiger partial charge in [-0.05, 0) is 42.9 Å². The van der Waals surface area contributed by atoms with Crippen LogP contribution in [0.2, 0.25) is 0 Å². The Bertz CT molecular complexity index is 733. The van der Waals surface area contributed by atoms with Crippen molar-refractivity contribution in [2.45, 2.75) is 39.5 Å². The van der Waals surface area contributed by atoms with Gasteiger partial charge < -0.3 is 10.2 Å². The molecule has 0 spiro atoms. The van der Waals surface area contributed by atoms with E-state index in [-0.39, 0.29) is 5.91 Å². The van der Waals surface area contributed by atoms with Crippen molar-refractivity contribution in [1.29, 1.82) is 0 Å². The monoisotopic (exact) mass is 323 g/mol. The van der Waals surface area contributed by atoms with Crippen molar-refractivity contribution >= 4 is 17.3 Å². The normalized spacial score (nSPS) is 14.2. The van der Waals surface area contributed by atoms with Gasteiger partial charge in [-0.25, -0.2) is 0 Å². The molecule has 0 aliphatic carbocycles. The molecule has 0 saturated carbocycles. The highest BCUT2D eigenvalue weighted by Gasteiger charge is 2.17. The van der Waals surface area contributed by atoms with Crippen LogP contribution in [0.25, 0.3) is 0 Å². The molecule has 4 nitrogen and oxygen atoms in total. The van der Waals surface area contributed by atoms with Crippen LogP contribution in [-0.4, -0.2) is 24.0 Å².